The summed E-state index contributed by atoms with van der Waals surface area (Å²) in [5, 5.41) is 8.67. The Kier molecular flexibility index (Phi) is 7.32. The maximum atomic E-state index is 13.1. The monoisotopic (exact) mass is 563 g/mol. The molecule has 0 radical (unpaired) electrons. The first kappa shape index (κ1) is 27.3. The molecule has 1 N–H and O–H groups in total. The summed E-state index contributed by atoms with van der Waals surface area (Å²) >= 11 is 0. The highest BCUT2D eigenvalue weighted by molar-refractivity contribution is 5.96. The van der Waals surface area contributed by atoms with Crippen LogP contribution in [-0.4, -0.2) is 75.8 Å². The summed E-state index contributed by atoms with van der Waals surface area (Å²) in [6.45, 7) is 6.46. The lowest BCUT2D eigenvalue weighted by Gasteiger charge is -2.38. The quantitative estimate of drug-likeness (QED) is 0.290. The summed E-state index contributed by atoms with van der Waals surface area (Å²) < 4.78 is 5.45. The molecule has 3 aliphatic rings. The van der Waals surface area contributed by atoms with Gasteiger partial charge >= 0.3 is 0 Å². The number of nitrogens with one attached hydrogen (secondary N) is 1. The molecule has 0 saturated carbocycles. The fourth-order valence-corrected chi connectivity index (χ4v) is 7.32. The van der Waals surface area contributed by atoms with Gasteiger partial charge in [0, 0.05) is 54.0 Å². The van der Waals surface area contributed by atoms with E-state index in [4.69, 9.17) is 9.72 Å². The summed E-state index contributed by atoms with van der Waals surface area (Å²) in [5.41, 5.74) is 8.93. The number of rotatable bonds is 5. The van der Waals surface area contributed by atoms with E-state index in [1.165, 1.54) is 55.5 Å². The van der Waals surface area contributed by atoms with Crippen molar-refractivity contribution in [2.45, 2.75) is 69.9 Å². The molecular formula is C35H41N5O2. The molecule has 1 amide bonds. The molecule has 218 valence electrons. The van der Waals surface area contributed by atoms with Gasteiger partial charge in [0.05, 0.1) is 11.8 Å². The number of aromatic amines is 1. The minimum atomic E-state index is 0.0819. The third-order valence-electron chi connectivity index (χ3n) is 10.2. The van der Waals surface area contributed by atoms with Crippen LogP contribution in [0, 0.1) is 0 Å². The third kappa shape index (κ3) is 5.13. The highest BCUT2D eigenvalue weighted by atomic mass is 16.5. The van der Waals surface area contributed by atoms with Crippen LogP contribution in [0.1, 0.15) is 66.9 Å². The molecule has 4 heterocycles. The van der Waals surface area contributed by atoms with Crippen LogP contribution < -0.4 is 0 Å². The summed E-state index contributed by atoms with van der Waals surface area (Å²) in [6, 6.07) is 17.1. The van der Waals surface area contributed by atoms with Crippen molar-refractivity contribution in [3.05, 3.63) is 71.4 Å². The van der Waals surface area contributed by atoms with Gasteiger partial charge in [0.25, 0.3) is 5.91 Å². The number of carbonyl (C=O) groups excluding carboxylic acids is 1. The van der Waals surface area contributed by atoms with Gasteiger partial charge in [0.2, 0.25) is 0 Å². The second-order valence-electron chi connectivity index (χ2n) is 12.7. The van der Waals surface area contributed by atoms with Crippen molar-refractivity contribution in [3.63, 3.8) is 0 Å². The van der Waals surface area contributed by atoms with Crippen molar-refractivity contribution in [1.29, 1.82) is 0 Å². The van der Waals surface area contributed by atoms with Gasteiger partial charge in [-0.3, -0.25) is 14.8 Å². The maximum absolute atomic E-state index is 13.1. The molecule has 2 aromatic heterocycles. The third-order valence-corrected chi connectivity index (χ3v) is 10.2. The fourth-order valence-electron chi connectivity index (χ4n) is 7.32. The molecule has 2 aromatic carbocycles. The number of H-pyrrole nitrogens is 1. The van der Waals surface area contributed by atoms with E-state index in [2.05, 4.69) is 46.3 Å². The molecule has 7 rings (SSSR count). The Hall–Kier alpha value is -3.55. The Morgan fingerprint density at radius 3 is 2.36 bits per heavy atom. The number of nitrogens with zero attached hydrogens (tertiary/aromatic N) is 4. The molecule has 7 heteroatoms. The molecule has 1 unspecified atom stereocenters. The van der Waals surface area contributed by atoms with E-state index in [0.717, 1.165) is 61.0 Å². The summed E-state index contributed by atoms with van der Waals surface area (Å²) in [4.78, 5) is 22.5. The van der Waals surface area contributed by atoms with E-state index in [1.807, 2.05) is 35.4 Å². The number of methoxy groups -OCH3 is 1. The van der Waals surface area contributed by atoms with Crippen molar-refractivity contribution < 1.29 is 9.53 Å². The second-order valence-corrected chi connectivity index (χ2v) is 12.7. The van der Waals surface area contributed by atoms with Gasteiger partial charge in [-0.15, -0.1) is 0 Å². The minimum absolute atomic E-state index is 0.0819. The molecular weight excluding hydrogens is 522 g/mol. The lowest BCUT2D eigenvalue weighted by Crippen LogP contribution is -2.44. The predicted octanol–water partition coefficient (Wildman–Crippen LogP) is 6.28. The van der Waals surface area contributed by atoms with E-state index < -0.39 is 0 Å². The zero-order valence-electron chi connectivity index (χ0n) is 24.9. The fraction of sp³-hybridized carbons (Fsp3) is 0.457. The summed E-state index contributed by atoms with van der Waals surface area (Å²) in [6.07, 6.45) is 11.4. The number of hydrogen-bond donors (Lipinski definition) is 1. The summed E-state index contributed by atoms with van der Waals surface area (Å²) in [5.74, 6) is 0.0819. The van der Waals surface area contributed by atoms with Crippen molar-refractivity contribution >= 4 is 16.9 Å². The Balaban J connectivity index is 1.11. The average Bonchev–Trinajstić information content (AvgIpc) is 3.71. The number of fused-ring (bicyclic) bond motifs is 2. The van der Waals surface area contributed by atoms with Crippen LogP contribution in [0.25, 0.3) is 33.4 Å². The largest absolute Gasteiger partial charge is 0.381 e. The van der Waals surface area contributed by atoms with E-state index in [-0.39, 0.29) is 12.0 Å². The van der Waals surface area contributed by atoms with Gasteiger partial charge in [-0.1, -0.05) is 30.3 Å². The minimum Gasteiger partial charge on any atom is -0.381 e. The molecule has 42 heavy (non-hydrogen) atoms. The lowest BCUT2D eigenvalue weighted by atomic mass is 9.90. The molecule has 1 atom stereocenters. The Labute approximate surface area is 248 Å². The van der Waals surface area contributed by atoms with Crippen molar-refractivity contribution in [1.82, 2.24) is 25.0 Å². The molecule has 4 aromatic rings. The lowest BCUT2D eigenvalue weighted by molar-refractivity contribution is 0.0351. The van der Waals surface area contributed by atoms with E-state index in [0.29, 0.717) is 16.7 Å². The predicted molar refractivity (Wildman–Crippen MR) is 167 cm³/mol. The van der Waals surface area contributed by atoms with Crippen LogP contribution in [0.3, 0.4) is 0 Å². The number of likely N-dealkylation sites (tertiary alicyclic amines) is 2. The first-order chi connectivity index (χ1) is 20.5. The number of aromatic nitrogens is 3. The molecule has 2 aliphatic heterocycles. The smallest absolute Gasteiger partial charge is 0.253 e. The molecule has 1 aliphatic carbocycles. The van der Waals surface area contributed by atoms with Crippen LogP contribution in [0.15, 0.2) is 54.7 Å². The van der Waals surface area contributed by atoms with Crippen molar-refractivity contribution in [3.8, 4) is 22.4 Å². The van der Waals surface area contributed by atoms with Gasteiger partial charge in [0.15, 0.2) is 5.65 Å². The molecule has 2 saturated heterocycles. The highest BCUT2D eigenvalue weighted by Crippen LogP contribution is 2.36. The zero-order valence-corrected chi connectivity index (χ0v) is 24.9. The molecule has 0 bridgehead atoms. The van der Waals surface area contributed by atoms with Crippen LogP contribution >= 0.6 is 0 Å². The molecule has 0 spiro atoms. The van der Waals surface area contributed by atoms with Gasteiger partial charge in [-0.05, 0) is 106 Å². The van der Waals surface area contributed by atoms with Gasteiger partial charge in [-0.2, -0.15) is 5.10 Å². The number of piperidine rings is 1. The Morgan fingerprint density at radius 1 is 0.905 bits per heavy atom. The van der Waals surface area contributed by atoms with Crippen LogP contribution in [0.2, 0.25) is 0 Å². The number of aryl methyl sites for hydroxylation is 2. The maximum Gasteiger partial charge on any atom is 0.253 e. The van der Waals surface area contributed by atoms with Crippen molar-refractivity contribution in [2.24, 2.45) is 0 Å². The SMILES string of the molecule is COC1CCN(C(=O)c2ccc(-c3[nH]nc4ncc(-c5ccc6c(c5)CCC(C)(N5CCCC5)CC6)cc34)cc2)CC1. The van der Waals surface area contributed by atoms with E-state index in [1.54, 1.807) is 7.11 Å². The molecule has 2 fully saturated rings. The number of benzene rings is 2. The van der Waals surface area contributed by atoms with Crippen LogP contribution in [0.5, 0.6) is 0 Å². The number of ether oxygens (including phenoxy) is 1. The number of amides is 1. The first-order valence-electron chi connectivity index (χ1n) is 15.6. The van der Waals surface area contributed by atoms with E-state index in [9.17, 15) is 4.79 Å². The topological polar surface area (TPSA) is 74.3 Å². The highest BCUT2D eigenvalue weighted by Gasteiger charge is 2.35. The van der Waals surface area contributed by atoms with Gasteiger partial charge < -0.3 is 9.64 Å². The Morgan fingerprint density at radius 2 is 1.62 bits per heavy atom. The van der Waals surface area contributed by atoms with Gasteiger partial charge in [-0.25, -0.2) is 4.98 Å². The number of carbonyl (C=O) groups is 1. The normalized spacial score (nSPS) is 21.9. The standard InChI is InChI=1S/C35H41N5O2/c1-35(40-17-3-4-18-40)15-11-24-5-10-27(21-28(24)12-16-35)29-22-31-32(37-38-33(31)36-23-29)25-6-8-26(9-7-25)34(41)39-19-13-30(42-2)14-20-39/h5-10,21-23,30H,3-4,11-20H2,1-2H3,(H,36,37,38). The van der Waals surface area contributed by atoms with Crippen molar-refractivity contribution in [2.75, 3.05) is 33.3 Å². The number of hydrogen-bond acceptors (Lipinski definition) is 5. The van der Waals surface area contributed by atoms with Crippen LogP contribution in [-0.2, 0) is 17.6 Å². The number of pyridine rings is 1. The van der Waals surface area contributed by atoms with E-state index >= 15 is 0 Å². The summed E-state index contributed by atoms with van der Waals surface area (Å²) in [7, 11) is 1.75. The zero-order chi connectivity index (χ0) is 28.7. The Bertz CT molecular complexity index is 1580. The molecule has 7 nitrogen and oxygen atoms in total. The van der Waals surface area contributed by atoms with Crippen LogP contribution in [0.4, 0.5) is 0 Å². The first-order valence-corrected chi connectivity index (χ1v) is 15.6. The average molecular weight is 564 g/mol. The van der Waals surface area contributed by atoms with Gasteiger partial charge in [0.1, 0.15) is 0 Å². The second kappa shape index (κ2) is 11.3.